The molecule has 2 N–H and O–H groups in total. The number of nitrogens with two attached hydrogens (primary N) is 1. The summed E-state index contributed by atoms with van der Waals surface area (Å²) in [4.78, 5) is 12.8. The zero-order chi connectivity index (χ0) is 12.6. The van der Waals surface area contributed by atoms with Crippen molar-refractivity contribution >= 4 is 11.6 Å². The molecule has 0 aromatic heterocycles. The average molecular weight is 244 g/mol. The first-order chi connectivity index (χ1) is 7.88. The molecule has 6 heteroatoms. The van der Waals surface area contributed by atoms with E-state index in [1.165, 1.54) is 17.0 Å². The van der Waals surface area contributed by atoms with E-state index in [1.54, 1.807) is 0 Å². The number of carbonyl (C=O) groups is 1. The number of amides is 1. The van der Waals surface area contributed by atoms with E-state index in [0.29, 0.717) is 0 Å². The molecule has 0 bridgehead atoms. The third-order valence-electron chi connectivity index (χ3n) is 2.64. The number of carbonyl (C=O) groups excluding carboxylic acids is 1. The fourth-order valence-corrected chi connectivity index (χ4v) is 1.83. The van der Waals surface area contributed by atoms with Crippen molar-refractivity contribution in [3.63, 3.8) is 0 Å². The molecule has 1 unspecified atom stereocenters. The minimum Gasteiger partial charge on any atom is -0.326 e. The molecule has 1 aliphatic rings. The van der Waals surface area contributed by atoms with Crippen LogP contribution >= 0.6 is 0 Å². The predicted molar refractivity (Wildman–Crippen MR) is 56.4 cm³/mol. The van der Waals surface area contributed by atoms with Gasteiger partial charge < -0.3 is 10.6 Å². The van der Waals surface area contributed by atoms with Crippen molar-refractivity contribution < 1.29 is 18.0 Å². The molecule has 0 radical (unpaired) electrons. The zero-order valence-corrected chi connectivity index (χ0v) is 8.87. The molecule has 17 heavy (non-hydrogen) atoms. The molecule has 92 valence electrons. The van der Waals surface area contributed by atoms with Crippen LogP contribution < -0.4 is 10.6 Å². The van der Waals surface area contributed by atoms with E-state index >= 15 is 0 Å². The summed E-state index contributed by atoms with van der Waals surface area (Å²) in [6, 6.07) is 4.40. The van der Waals surface area contributed by atoms with Gasteiger partial charge in [-0.3, -0.25) is 4.79 Å². The van der Waals surface area contributed by atoms with Gasteiger partial charge in [-0.2, -0.15) is 13.2 Å². The van der Waals surface area contributed by atoms with Gasteiger partial charge >= 0.3 is 6.18 Å². The molecular formula is C11H11F3N2O. The van der Waals surface area contributed by atoms with E-state index in [9.17, 15) is 18.0 Å². The highest BCUT2D eigenvalue weighted by atomic mass is 19.4. The summed E-state index contributed by atoms with van der Waals surface area (Å²) in [6.07, 6.45) is -4.23. The van der Waals surface area contributed by atoms with E-state index in [-0.39, 0.29) is 30.6 Å². The lowest BCUT2D eigenvalue weighted by molar-refractivity contribution is -0.137. The summed E-state index contributed by atoms with van der Waals surface area (Å²) in [5.74, 6) is -0.239. The smallest absolute Gasteiger partial charge is 0.326 e. The first kappa shape index (κ1) is 11.9. The van der Waals surface area contributed by atoms with E-state index in [0.717, 1.165) is 12.1 Å². The number of benzene rings is 1. The monoisotopic (exact) mass is 244 g/mol. The molecule has 1 heterocycles. The molecule has 1 aromatic rings. The molecule has 1 atom stereocenters. The van der Waals surface area contributed by atoms with Crippen LogP contribution in [0.3, 0.4) is 0 Å². The van der Waals surface area contributed by atoms with Crippen LogP contribution in [0, 0.1) is 0 Å². The summed E-state index contributed by atoms with van der Waals surface area (Å²) in [7, 11) is 0. The van der Waals surface area contributed by atoms with Crippen molar-refractivity contribution in [3.05, 3.63) is 29.8 Å². The van der Waals surface area contributed by atoms with E-state index in [1.807, 2.05) is 0 Å². The molecule has 1 aromatic carbocycles. The second-order valence-electron chi connectivity index (χ2n) is 4.02. The van der Waals surface area contributed by atoms with Crippen LogP contribution in [0.5, 0.6) is 0 Å². The molecule has 0 aliphatic carbocycles. The molecule has 1 amide bonds. The van der Waals surface area contributed by atoms with Gasteiger partial charge in [0, 0.05) is 24.7 Å². The number of halogens is 3. The van der Waals surface area contributed by atoms with Crippen LogP contribution in [-0.4, -0.2) is 18.5 Å². The van der Waals surface area contributed by atoms with Crippen LogP contribution in [0.4, 0.5) is 18.9 Å². The minimum absolute atomic E-state index is 0.177. The Hall–Kier alpha value is -1.56. The number of rotatable bonds is 1. The Balaban J connectivity index is 2.31. The summed E-state index contributed by atoms with van der Waals surface area (Å²) >= 11 is 0. The number of hydrogen-bond acceptors (Lipinski definition) is 2. The van der Waals surface area contributed by atoms with Crippen LogP contribution in [0.15, 0.2) is 24.3 Å². The van der Waals surface area contributed by atoms with Gasteiger partial charge in [0.25, 0.3) is 0 Å². The number of anilines is 1. The second-order valence-corrected chi connectivity index (χ2v) is 4.02. The van der Waals surface area contributed by atoms with E-state index in [4.69, 9.17) is 5.73 Å². The fraction of sp³-hybridized carbons (Fsp3) is 0.364. The predicted octanol–water partition coefficient (Wildman–Crippen LogP) is 1.77. The summed E-state index contributed by atoms with van der Waals surface area (Å²) in [6.45, 7) is 0.264. The molecule has 3 nitrogen and oxygen atoms in total. The maximum absolute atomic E-state index is 12.5. The van der Waals surface area contributed by atoms with Crippen LogP contribution in [0.1, 0.15) is 12.0 Å². The Morgan fingerprint density at radius 1 is 1.35 bits per heavy atom. The standard InChI is InChI=1S/C11H11F3N2O/c12-11(13,14)7-2-1-3-9(4-7)16-6-8(15)5-10(16)17/h1-4,8H,5-6,15H2. The van der Waals surface area contributed by atoms with Crippen molar-refractivity contribution in [2.45, 2.75) is 18.6 Å². The first-order valence-electron chi connectivity index (χ1n) is 5.11. The maximum atomic E-state index is 12.5. The quantitative estimate of drug-likeness (QED) is 0.818. The van der Waals surface area contributed by atoms with Gasteiger partial charge in [0.1, 0.15) is 0 Å². The molecular weight excluding hydrogens is 233 g/mol. The Bertz CT molecular complexity index is 445. The molecule has 0 spiro atoms. The Kier molecular flexibility index (Phi) is 2.82. The Morgan fingerprint density at radius 2 is 2.06 bits per heavy atom. The number of nitrogens with zero attached hydrogens (tertiary/aromatic N) is 1. The minimum atomic E-state index is -4.40. The van der Waals surface area contributed by atoms with Gasteiger partial charge in [-0.15, -0.1) is 0 Å². The average Bonchev–Trinajstić information content (AvgIpc) is 2.57. The number of hydrogen-bond donors (Lipinski definition) is 1. The maximum Gasteiger partial charge on any atom is 0.416 e. The summed E-state index contributed by atoms with van der Waals surface area (Å²) in [5, 5.41) is 0. The second kappa shape index (κ2) is 4.03. The SMILES string of the molecule is NC1CC(=O)N(c2cccc(C(F)(F)F)c2)C1. The molecule has 1 aliphatic heterocycles. The topological polar surface area (TPSA) is 46.3 Å². The van der Waals surface area contributed by atoms with Crippen molar-refractivity contribution in [1.29, 1.82) is 0 Å². The highest BCUT2D eigenvalue weighted by Crippen LogP contribution is 2.32. The van der Waals surface area contributed by atoms with Crippen molar-refractivity contribution in [1.82, 2.24) is 0 Å². The largest absolute Gasteiger partial charge is 0.416 e. The zero-order valence-electron chi connectivity index (χ0n) is 8.87. The fourth-order valence-electron chi connectivity index (χ4n) is 1.83. The first-order valence-corrected chi connectivity index (χ1v) is 5.11. The lowest BCUT2D eigenvalue weighted by Crippen LogP contribution is -2.28. The third-order valence-corrected chi connectivity index (χ3v) is 2.64. The van der Waals surface area contributed by atoms with Gasteiger partial charge in [-0.05, 0) is 18.2 Å². The lowest BCUT2D eigenvalue weighted by atomic mass is 10.2. The highest BCUT2D eigenvalue weighted by Gasteiger charge is 2.33. The third kappa shape index (κ3) is 2.41. The van der Waals surface area contributed by atoms with Gasteiger partial charge in [0.05, 0.1) is 5.56 Å². The van der Waals surface area contributed by atoms with Gasteiger partial charge in [0.15, 0.2) is 0 Å². The van der Waals surface area contributed by atoms with Crippen LogP contribution in [0.2, 0.25) is 0 Å². The van der Waals surface area contributed by atoms with E-state index < -0.39 is 11.7 Å². The molecule has 1 fully saturated rings. The van der Waals surface area contributed by atoms with Gasteiger partial charge in [-0.1, -0.05) is 6.07 Å². The Labute approximate surface area is 96.0 Å². The van der Waals surface area contributed by atoms with Crippen molar-refractivity contribution in [2.75, 3.05) is 11.4 Å². The highest BCUT2D eigenvalue weighted by molar-refractivity contribution is 5.96. The van der Waals surface area contributed by atoms with Gasteiger partial charge in [-0.25, -0.2) is 0 Å². The summed E-state index contributed by atoms with van der Waals surface area (Å²) < 4.78 is 37.5. The van der Waals surface area contributed by atoms with Crippen molar-refractivity contribution in [3.8, 4) is 0 Å². The number of alkyl halides is 3. The Morgan fingerprint density at radius 3 is 2.59 bits per heavy atom. The van der Waals surface area contributed by atoms with Gasteiger partial charge in [0.2, 0.25) is 5.91 Å². The molecule has 0 saturated carbocycles. The van der Waals surface area contributed by atoms with Crippen LogP contribution in [0.25, 0.3) is 0 Å². The van der Waals surface area contributed by atoms with Crippen molar-refractivity contribution in [2.24, 2.45) is 5.73 Å². The lowest BCUT2D eigenvalue weighted by Gasteiger charge is -2.17. The summed E-state index contributed by atoms with van der Waals surface area (Å²) in [5.41, 5.74) is 5.08. The van der Waals surface area contributed by atoms with Crippen LogP contribution in [-0.2, 0) is 11.0 Å². The normalized spacial score (nSPS) is 21.1. The molecule has 2 rings (SSSR count). The molecule has 1 saturated heterocycles. The van der Waals surface area contributed by atoms with E-state index in [2.05, 4.69) is 0 Å².